The average molecular weight is 569 g/mol. The van der Waals surface area contributed by atoms with Gasteiger partial charge in [0.05, 0.1) is 16.5 Å². The molecule has 7 nitrogen and oxygen atoms in total. The molecule has 4 rings (SSSR count). The van der Waals surface area contributed by atoms with Crippen molar-refractivity contribution in [3.8, 4) is 0 Å². The first-order valence-electron chi connectivity index (χ1n) is 9.89. The fraction of sp³-hybridized carbons (Fsp3) is 0.0870. The molecule has 0 bridgehead atoms. The third-order valence-corrected chi connectivity index (χ3v) is 6.75. The van der Waals surface area contributed by atoms with Gasteiger partial charge in [-0.3, -0.25) is 14.8 Å². The summed E-state index contributed by atoms with van der Waals surface area (Å²) in [4.78, 5) is 21.0. The Hall–Kier alpha value is -2.44. The van der Waals surface area contributed by atoms with E-state index >= 15 is 0 Å². The maximum Gasteiger partial charge on any atom is 1.00 e. The largest absolute Gasteiger partial charge is 1.00 e. The van der Waals surface area contributed by atoms with Crippen LogP contribution in [0.15, 0.2) is 76.4 Å². The number of nitrogens with one attached hydrogen (secondary N) is 1. The molecule has 1 atom stereocenters. The molecule has 1 aromatic heterocycles. The maximum absolute atomic E-state index is 14.1. The van der Waals surface area contributed by atoms with Gasteiger partial charge in [-0.15, -0.1) is 5.69 Å². The summed E-state index contributed by atoms with van der Waals surface area (Å²) < 4.78 is 58.0. The summed E-state index contributed by atoms with van der Waals surface area (Å²) in [6.45, 7) is 1.52. The number of hydrogen-bond donors (Lipinski definition) is 1. The number of aromatic nitrogens is 2. The monoisotopic (exact) mass is 568 g/mol. The van der Waals surface area contributed by atoms with E-state index in [1.165, 1.54) is 49.6 Å². The van der Waals surface area contributed by atoms with E-state index in [9.17, 15) is 22.0 Å². The van der Waals surface area contributed by atoms with Gasteiger partial charge in [-0.2, -0.15) is 0 Å². The summed E-state index contributed by atoms with van der Waals surface area (Å²) >= 11 is 3.26. The number of halogens is 3. The minimum absolute atomic E-state index is 0. The van der Waals surface area contributed by atoms with Crippen LogP contribution in [0.4, 0.5) is 14.5 Å². The van der Waals surface area contributed by atoms with Crippen LogP contribution in [-0.2, 0) is 10.0 Å². The zero-order valence-corrected chi connectivity index (χ0v) is 22.9. The van der Waals surface area contributed by atoms with Gasteiger partial charge in [0.25, 0.3) is 5.91 Å². The van der Waals surface area contributed by atoms with Gasteiger partial charge in [0.2, 0.25) is 0 Å². The number of fused-ring (bicyclic) bond motifs is 1. The van der Waals surface area contributed by atoms with Crippen molar-refractivity contribution in [1.82, 2.24) is 15.3 Å². The third-order valence-electron chi connectivity index (χ3n) is 4.94. The molecule has 0 aliphatic carbocycles. The van der Waals surface area contributed by atoms with Crippen molar-refractivity contribution < 1.29 is 51.6 Å². The van der Waals surface area contributed by atoms with Gasteiger partial charge in [0.15, 0.2) is 0 Å². The molecule has 1 amide bonds. The molecule has 1 heterocycles. The number of benzene rings is 3. The molecular formula is C23H16BrF2N4NaO3S. The molecule has 35 heavy (non-hydrogen) atoms. The van der Waals surface area contributed by atoms with Crippen molar-refractivity contribution >= 4 is 48.6 Å². The number of nitrogens with zero attached hydrogens (tertiary/aromatic N) is 3. The summed E-state index contributed by atoms with van der Waals surface area (Å²) in [7, 11) is -4.28. The maximum atomic E-state index is 14.1. The van der Waals surface area contributed by atoms with E-state index in [0.717, 1.165) is 12.1 Å². The smallest absolute Gasteiger partial charge is 0.572 e. The predicted octanol–water partition coefficient (Wildman–Crippen LogP) is 2.56. The van der Waals surface area contributed by atoms with Crippen LogP contribution in [0, 0.1) is 11.6 Å². The van der Waals surface area contributed by atoms with E-state index in [-0.39, 0.29) is 56.8 Å². The second-order valence-electron chi connectivity index (χ2n) is 7.27. The number of hydrogen-bond acceptors (Lipinski definition) is 5. The first kappa shape index (κ1) is 27.2. The number of amides is 1. The molecule has 0 saturated heterocycles. The van der Waals surface area contributed by atoms with Crippen LogP contribution in [0.25, 0.3) is 15.8 Å². The Morgan fingerprint density at radius 3 is 2.54 bits per heavy atom. The third kappa shape index (κ3) is 6.04. The molecule has 0 spiro atoms. The van der Waals surface area contributed by atoms with E-state index in [4.69, 9.17) is 0 Å². The Kier molecular flexibility index (Phi) is 8.60. The second-order valence-corrected chi connectivity index (χ2v) is 9.76. The van der Waals surface area contributed by atoms with Crippen molar-refractivity contribution in [1.29, 1.82) is 0 Å². The Labute approximate surface area is 230 Å². The van der Waals surface area contributed by atoms with Gasteiger partial charge >= 0.3 is 29.6 Å². The molecule has 3 aromatic carbocycles. The quantitative estimate of drug-likeness (QED) is 0.360. The molecule has 0 fully saturated rings. The van der Waals surface area contributed by atoms with Crippen LogP contribution in [0.3, 0.4) is 0 Å². The molecule has 0 saturated carbocycles. The van der Waals surface area contributed by atoms with Crippen molar-refractivity contribution in [3.05, 3.63) is 98.9 Å². The fourth-order valence-electron chi connectivity index (χ4n) is 3.33. The SMILES string of the molecule is C[C@@H](NC(=O)c1ccc(Br)cc1[N-]S(=O)(=O)c1cccc2nccnc12)c1ccc(F)cc1F.[Na+]. The number of sulfonamides is 1. The minimum Gasteiger partial charge on any atom is -0.572 e. The second kappa shape index (κ2) is 11.1. The minimum atomic E-state index is -4.28. The summed E-state index contributed by atoms with van der Waals surface area (Å²) in [6.07, 6.45) is 2.81. The molecule has 174 valence electrons. The Balaban J connectivity index is 0.00000342. The molecule has 4 aromatic rings. The first-order chi connectivity index (χ1) is 16.2. The number of carbonyl (C=O) groups excluding carboxylic acids is 1. The summed E-state index contributed by atoms with van der Waals surface area (Å²) in [5, 5.41) is 2.59. The van der Waals surface area contributed by atoms with Crippen LogP contribution in [0.1, 0.15) is 28.9 Å². The van der Waals surface area contributed by atoms with Crippen molar-refractivity contribution in [3.63, 3.8) is 0 Å². The summed E-state index contributed by atoms with van der Waals surface area (Å²) in [6, 6.07) is 11.0. The Morgan fingerprint density at radius 1 is 1.06 bits per heavy atom. The van der Waals surface area contributed by atoms with Gasteiger partial charge in [0.1, 0.15) is 27.2 Å². The van der Waals surface area contributed by atoms with Crippen molar-refractivity contribution in [2.75, 3.05) is 0 Å². The average Bonchev–Trinajstić information content (AvgIpc) is 2.78. The van der Waals surface area contributed by atoms with Crippen LogP contribution in [0.2, 0.25) is 0 Å². The molecule has 0 aliphatic rings. The standard InChI is InChI=1S/C23H17BrF2N4O3S.Na/c1-13(16-8-6-15(25)12-18(16)26)29-23(31)17-7-5-14(24)11-20(17)30-34(32,33)21-4-2-3-19-22(21)28-10-9-27-19;/h2-13H,1H3,(H2,29,30,31);/q;+1/p-1/t13-;/m1./s1. The van der Waals surface area contributed by atoms with Crippen LogP contribution >= 0.6 is 15.9 Å². The van der Waals surface area contributed by atoms with Gasteiger partial charge < -0.3 is 10.0 Å². The van der Waals surface area contributed by atoms with Gasteiger partial charge in [0, 0.05) is 34.1 Å². The predicted molar refractivity (Wildman–Crippen MR) is 126 cm³/mol. The number of para-hydroxylation sites is 1. The van der Waals surface area contributed by atoms with Crippen LogP contribution in [0.5, 0.6) is 0 Å². The van der Waals surface area contributed by atoms with E-state index in [0.29, 0.717) is 9.99 Å². The van der Waals surface area contributed by atoms with Gasteiger partial charge in [-0.25, -0.2) is 17.2 Å². The zero-order valence-electron chi connectivity index (χ0n) is 18.5. The van der Waals surface area contributed by atoms with Crippen molar-refractivity contribution in [2.45, 2.75) is 17.9 Å². The van der Waals surface area contributed by atoms with E-state index in [1.807, 2.05) is 0 Å². The Morgan fingerprint density at radius 2 is 1.80 bits per heavy atom. The number of carbonyl (C=O) groups is 1. The summed E-state index contributed by atoms with van der Waals surface area (Å²) in [5.74, 6) is -2.24. The molecule has 0 unspecified atom stereocenters. The molecule has 1 N–H and O–H groups in total. The van der Waals surface area contributed by atoms with Crippen molar-refractivity contribution in [2.24, 2.45) is 0 Å². The molecule has 12 heteroatoms. The summed E-state index contributed by atoms with van der Waals surface area (Å²) in [5.41, 5.74) is 0.426. The Bertz CT molecular complexity index is 1520. The normalized spacial score (nSPS) is 12.0. The van der Waals surface area contributed by atoms with Gasteiger partial charge in [-0.1, -0.05) is 34.1 Å². The number of rotatable bonds is 6. The first-order valence-corrected chi connectivity index (χ1v) is 12.1. The van der Waals surface area contributed by atoms with Gasteiger partial charge in [-0.05, 0) is 37.3 Å². The fourth-order valence-corrected chi connectivity index (χ4v) is 4.84. The molecular weight excluding hydrogens is 553 g/mol. The zero-order chi connectivity index (χ0) is 24.5. The van der Waals surface area contributed by atoms with Crippen LogP contribution < -0.4 is 34.9 Å². The van der Waals surface area contributed by atoms with E-state index in [1.54, 1.807) is 12.1 Å². The van der Waals surface area contributed by atoms with Crippen LogP contribution in [-0.4, -0.2) is 24.3 Å². The topological polar surface area (TPSA) is 103 Å². The van der Waals surface area contributed by atoms with E-state index in [2.05, 4.69) is 35.9 Å². The molecule has 0 radical (unpaired) electrons. The van der Waals surface area contributed by atoms with E-state index < -0.39 is 33.6 Å². The molecule has 0 aliphatic heterocycles.